The second-order valence-electron chi connectivity index (χ2n) is 6.04. The number of carboxylic acids is 1. The third-order valence-corrected chi connectivity index (χ3v) is 4.75. The smallest absolute Gasteiger partial charge is 0.308 e. The van der Waals surface area contributed by atoms with Gasteiger partial charge in [-0.3, -0.25) is 9.69 Å². The predicted molar refractivity (Wildman–Crippen MR) is 72.6 cm³/mol. The lowest BCUT2D eigenvalue weighted by atomic mass is 9.76. The minimum atomic E-state index is -0.575. The maximum atomic E-state index is 11.5. The minimum Gasteiger partial charge on any atom is -0.481 e. The molecule has 1 N–H and O–H groups in total. The van der Waals surface area contributed by atoms with Gasteiger partial charge in [-0.1, -0.05) is 26.7 Å². The lowest BCUT2D eigenvalue weighted by Crippen LogP contribution is -2.48. The summed E-state index contributed by atoms with van der Waals surface area (Å²) in [5, 5.41) is 9.44. The Kier molecular flexibility index (Phi) is 4.66. The quantitative estimate of drug-likeness (QED) is 0.790. The van der Waals surface area contributed by atoms with E-state index < -0.39 is 5.97 Å². The largest absolute Gasteiger partial charge is 0.481 e. The molecule has 2 aliphatic carbocycles. The summed E-state index contributed by atoms with van der Waals surface area (Å²) >= 11 is 0. The maximum absolute atomic E-state index is 11.5. The van der Waals surface area contributed by atoms with Crippen molar-refractivity contribution in [3.63, 3.8) is 0 Å². The molecule has 2 rings (SSSR count). The van der Waals surface area contributed by atoms with E-state index in [1.807, 2.05) is 0 Å². The Balaban J connectivity index is 2.05. The van der Waals surface area contributed by atoms with Crippen molar-refractivity contribution in [1.82, 2.24) is 4.90 Å². The summed E-state index contributed by atoms with van der Waals surface area (Å²) in [6.07, 6.45) is 8.15. The highest BCUT2D eigenvalue weighted by molar-refractivity contribution is 5.71. The van der Waals surface area contributed by atoms with Crippen LogP contribution in [0.4, 0.5) is 0 Å². The van der Waals surface area contributed by atoms with Crippen LogP contribution in [0.25, 0.3) is 0 Å². The zero-order valence-corrected chi connectivity index (χ0v) is 11.8. The second kappa shape index (κ2) is 6.05. The van der Waals surface area contributed by atoms with E-state index in [1.165, 1.54) is 25.7 Å². The molecule has 0 aromatic rings. The number of carboxylic acid groups (broad SMARTS) is 1. The van der Waals surface area contributed by atoms with Gasteiger partial charge in [0.1, 0.15) is 0 Å². The molecular formula is C15H27NO2. The van der Waals surface area contributed by atoms with E-state index in [2.05, 4.69) is 18.7 Å². The number of hydrogen-bond donors (Lipinski definition) is 1. The first-order chi connectivity index (χ1) is 8.67. The fourth-order valence-electron chi connectivity index (χ4n) is 3.73. The van der Waals surface area contributed by atoms with Gasteiger partial charge < -0.3 is 5.11 Å². The molecule has 0 aromatic heterocycles. The summed E-state index contributed by atoms with van der Waals surface area (Å²) < 4.78 is 0. The van der Waals surface area contributed by atoms with Crippen LogP contribution in [0.5, 0.6) is 0 Å². The Hall–Kier alpha value is -0.570. The van der Waals surface area contributed by atoms with Crippen molar-refractivity contribution in [2.75, 3.05) is 6.54 Å². The normalized spacial score (nSPS) is 32.7. The van der Waals surface area contributed by atoms with Crippen molar-refractivity contribution in [3.05, 3.63) is 0 Å². The van der Waals surface area contributed by atoms with Crippen LogP contribution in [0.15, 0.2) is 0 Å². The molecule has 0 bridgehead atoms. The number of hydrogen-bond acceptors (Lipinski definition) is 2. The van der Waals surface area contributed by atoms with Gasteiger partial charge in [0.25, 0.3) is 0 Å². The maximum Gasteiger partial charge on any atom is 0.308 e. The lowest BCUT2D eigenvalue weighted by Gasteiger charge is -2.41. The van der Waals surface area contributed by atoms with Gasteiger partial charge in [-0.05, 0) is 44.6 Å². The molecule has 2 saturated carbocycles. The Morgan fingerprint density at radius 3 is 2.44 bits per heavy atom. The molecule has 3 heteroatoms. The second-order valence-corrected chi connectivity index (χ2v) is 6.04. The summed E-state index contributed by atoms with van der Waals surface area (Å²) in [5.41, 5.74) is 0. The first kappa shape index (κ1) is 13.9. The molecule has 0 aliphatic heterocycles. The van der Waals surface area contributed by atoms with Crippen LogP contribution in [0, 0.1) is 11.8 Å². The average molecular weight is 253 g/mol. The summed E-state index contributed by atoms with van der Waals surface area (Å²) in [5.74, 6) is 0.0519. The van der Waals surface area contributed by atoms with Gasteiger partial charge in [0.05, 0.1) is 5.92 Å². The predicted octanol–water partition coefficient (Wildman–Crippen LogP) is 3.14. The van der Waals surface area contributed by atoms with E-state index in [-0.39, 0.29) is 5.92 Å². The van der Waals surface area contributed by atoms with E-state index in [0.717, 1.165) is 31.7 Å². The molecule has 0 radical (unpaired) electrons. The van der Waals surface area contributed by atoms with Gasteiger partial charge in [-0.2, -0.15) is 0 Å². The van der Waals surface area contributed by atoms with Crippen molar-refractivity contribution in [1.29, 1.82) is 0 Å². The Bertz CT molecular complexity index is 288. The molecule has 2 aliphatic rings. The third kappa shape index (κ3) is 3.05. The van der Waals surface area contributed by atoms with E-state index in [4.69, 9.17) is 0 Å². The molecule has 2 fully saturated rings. The number of nitrogens with zero attached hydrogens (tertiary/aromatic N) is 1. The Labute approximate surface area is 111 Å². The molecule has 3 nitrogen and oxygen atoms in total. The topological polar surface area (TPSA) is 40.5 Å². The van der Waals surface area contributed by atoms with Crippen LogP contribution in [-0.4, -0.2) is 34.6 Å². The van der Waals surface area contributed by atoms with Crippen LogP contribution in [0.2, 0.25) is 0 Å². The monoisotopic (exact) mass is 253 g/mol. The van der Waals surface area contributed by atoms with E-state index in [0.29, 0.717) is 12.1 Å². The van der Waals surface area contributed by atoms with Crippen molar-refractivity contribution in [2.24, 2.45) is 11.8 Å². The summed E-state index contributed by atoms with van der Waals surface area (Å²) in [6, 6.07) is 0.979. The van der Waals surface area contributed by atoms with Gasteiger partial charge >= 0.3 is 5.97 Å². The first-order valence-corrected chi connectivity index (χ1v) is 7.65. The highest BCUT2D eigenvalue weighted by atomic mass is 16.4. The van der Waals surface area contributed by atoms with Gasteiger partial charge in [0, 0.05) is 12.1 Å². The van der Waals surface area contributed by atoms with Gasteiger partial charge in [-0.15, -0.1) is 0 Å². The number of carbonyl (C=O) groups is 1. The number of rotatable bonds is 6. The number of aliphatic carboxylic acids is 1. The van der Waals surface area contributed by atoms with Crippen LogP contribution in [0.1, 0.15) is 58.8 Å². The molecule has 3 unspecified atom stereocenters. The molecule has 0 saturated heterocycles. The zero-order chi connectivity index (χ0) is 13.1. The van der Waals surface area contributed by atoms with Crippen LogP contribution < -0.4 is 0 Å². The highest BCUT2D eigenvalue weighted by Gasteiger charge is 2.42. The van der Waals surface area contributed by atoms with E-state index >= 15 is 0 Å². The highest BCUT2D eigenvalue weighted by Crippen LogP contribution is 2.39. The SMILES string of the molecule is CCCC1CCC(C(=O)O)C(N(CC)C2CC2)C1. The van der Waals surface area contributed by atoms with E-state index in [1.54, 1.807) is 0 Å². The summed E-state index contributed by atoms with van der Waals surface area (Å²) in [4.78, 5) is 14.0. The van der Waals surface area contributed by atoms with Crippen molar-refractivity contribution in [3.8, 4) is 0 Å². The standard InChI is InChI=1S/C15H27NO2/c1-3-5-11-6-9-13(15(17)18)14(10-11)16(4-2)12-7-8-12/h11-14H,3-10H2,1-2H3,(H,17,18). The molecule has 0 amide bonds. The van der Waals surface area contributed by atoms with Gasteiger partial charge in [-0.25, -0.2) is 0 Å². The fourth-order valence-corrected chi connectivity index (χ4v) is 3.73. The van der Waals surface area contributed by atoms with Crippen molar-refractivity contribution < 1.29 is 9.90 Å². The van der Waals surface area contributed by atoms with Crippen LogP contribution >= 0.6 is 0 Å². The molecule has 104 valence electrons. The Morgan fingerprint density at radius 2 is 1.94 bits per heavy atom. The fraction of sp³-hybridized carbons (Fsp3) is 0.933. The van der Waals surface area contributed by atoms with Gasteiger partial charge in [0.2, 0.25) is 0 Å². The Morgan fingerprint density at radius 1 is 1.22 bits per heavy atom. The molecule has 18 heavy (non-hydrogen) atoms. The molecule has 0 heterocycles. The third-order valence-electron chi connectivity index (χ3n) is 4.75. The molecule has 0 aromatic carbocycles. The van der Waals surface area contributed by atoms with Gasteiger partial charge in [0.15, 0.2) is 0 Å². The molecule has 3 atom stereocenters. The van der Waals surface area contributed by atoms with Crippen molar-refractivity contribution in [2.45, 2.75) is 70.9 Å². The minimum absolute atomic E-state index is 0.126. The average Bonchev–Trinajstić information content (AvgIpc) is 3.15. The van der Waals surface area contributed by atoms with E-state index in [9.17, 15) is 9.90 Å². The zero-order valence-electron chi connectivity index (χ0n) is 11.8. The summed E-state index contributed by atoms with van der Waals surface area (Å²) in [6.45, 7) is 5.43. The summed E-state index contributed by atoms with van der Waals surface area (Å²) in [7, 11) is 0. The lowest BCUT2D eigenvalue weighted by molar-refractivity contribution is -0.146. The van der Waals surface area contributed by atoms with Crippen LogP contribution in [-0.2, 0) is 4.79 Å². The van der Waals surface area contributed by atoms with Crippen molar-refractivity contribution >= 4 is 5.97 Å². The van der Waals surface area contributed by atoms with Crippen LogP contribution in [0.3, 0.4) is 0 Å². The first-order valence-electron chi connectivity index (χ1n) is 7.65. The molecular weight excluding hydrogens is 226 g/mol. The molecule has 0 spiro atoms.